The van der Waals surface area contributed by atoms with Crippen molar-refractivity contribution in [3.05, 3.63) is 118 Å². The highest BCUT2D eigenvalue weighted by Crippen LogP contribution is 2.32. The van der Waals surface area contributed by atoms with E-state index in [0.29, 0.717) is 23.4 Å². The summed E-state index contributed by atoms with van der Waals surface area (Å²) in [5, 5.41) is 9.51. The van der Waals surface area contributed by atoms with Gasteiger partial charge in [-0.05, 0) is 42.2 Å². The van der Waals surface area contributed by atoms with Gasteiger partial charge in [-0.3, -0.25) is 0 Å². The quantitative estimate of drug-likeness (QED) is 0.252. The van der Waals surface area contributed by atoms with Crippen molar-refractivity contribution < 1.29 is 13.9 Å². The molecule has 0 aliphatic carbocycles. The molecule has 6 heteroatoms. The minimum Gasteiger partial charge on any atom is -0.473 e. The number of ether oxygens (including phenoxy) is 2. The number of aromatic nitrogens is 1. The molecular weight excluding hydrogens is 463 g/mol. The van der Waals surface area contributed by atoms with Crippen LogP contribution in [0.5, 0.6) is 17.4 Å². The van der Waals surface area contributed by atoms with Crippen molar-refractivity contribution >= 4 is 11.6 Å². The van der Waals surface area contributed by atoms with Crippen molar-refractivity contribution in [2.24, 2.45) is 0 Å². The highest BCUT2D eigenvalue weighted by atomic mass is 35.5. The number of nitrogens with zero attached hydrogens (tertiary/aromatic N) is 2. The monoisotopic (exact) mass is 488 g/mol. The number of hydrogen-bond donors (Lipinski definition) is 0. The van der Waals surface area contributed by atoms with E-state index in [-0.39, 0.29) is 29.7 Å². The molecule has 0 saturated heterocycles. The van der Waals surface area contributed by atoms with Gasteiger partial charge >= 0.3 is 0 Å². The van der Waals surface area contributed by atoms with Gasteiger partial charge in [-0.25, -0.2) is 9.37 Å². The zero-order valence-electron chi connectivity index (χ0n) is 19.7. The summed E-state index contributed by atoms with van der Waals surface area (Å²) in [6, 6.07) is 27.4. The summed E-state index contributed by atoms with van der Waals surface area (Å²) >= 11 is 6.07. The Morgan fingerprint density at radius 2 is 1.54 bits per heavy atom. The van der Waals surface area contributed by atoms with Crippen molar-refractivity contribution in [1.82, 2.24) is 4.98 Å². The Morgan fingerprint density at radius 3 is 2.20 bits per heavy atom. The lowest BCUT2D eigenvalue weighted by atomic mass is 10.1. The molecule has 3 aromatic carbocycles. The number of hydrogen-bond acceptors (Lipinski definition) is 4. The number of rotatable bonds is 8. The Bertz CT molecular complexity index is 1280. The molecule has 0 fully saturated rings. The van der Waals surface area contributed by atoms with E-state index in [1.54, 1.807) is 0 Å². The maximum atomic E-state index is 15.3. The second-order valence-corrected chi connectivity index (χ2v) is 7.81. The summed E-state index contributed by atoms with van der Waals surface area (Å²) in [5.41, 5.74) is 2.59. The van der Waals surface area contributed by atoms with Gasteiger partial charge in [0.25, 0.3) is 0 Å². The third kappa shape index (κ3) is 7.56. The summed E-state index contributed by atoms with van der Waals surface area (Å²) in [6.45, 7) is 4.28. The molecule has 4 rings (SSSR count). The molecular formula is C29H26ClFN2O2. The summed E-state index contributed by atoms with van der Waals surface area (Å²) < 4.78 is 27.0. The molecule has 0 radical (unpaired) electrons. The zero-order valence-corrected chi connectivity index (χ0v) is 20.4. The molecule has 1 heterocycles. The topological polar surface area (TPSA) is 55.1 Å². The van der Waals surface area contributed by atoms with Gasteiger partial charge in [0.1, 0.15) is 12.4 Å². The van der Waals surface area contributed by atoms with Crippen molar-refractivity contribution in [2.45, 2.75) is 33.3 Å². The van der Waals surface area contributed by atoms with Crippen LogP contribution in [0.1, 0.15) is 36.2 Å². The van der Waals surface area contributed by atoms with E-state index in [0.717, 1.165) is 11.1 Å². The van der Waals surface area contributed by atoms with Gasteiger partial charge in [-0.15, -0.1) is 0 Å². The van der Waals surface area contributed by atoms with Gasteiger partial charge in [-0.1, -0.05) is 86.1 Å². The summed E-state index contributed by atoms with van der Waals surface area (Å²) in [6.07, 6.45) is 0.982. The number of halogens is 2. The van der Waals surface area contributed by atoms with Crippen LogP contribution in [0.25, 0.3) is 0 Å². The minimum absolute atomic E-state index is 0.0396. The summed E-state index contributed by atoms with van der Waals surface area (Å²) in [5.74, 6) is -0.105. The SMILES string of the molecule is CC.N#Cc1cc(Cl)cc(Oc2cc(OCc3ccccc3)nc(CCc3ccccc3)c2F)c1. The molecule has 0 saturated carbocycles. The van der Waals surface area contributed by atoms with Crippen LogP contribution in [0.3, 0.4) is 0 Å². The Hall–Kier alpha value is -3.88. The number of nitriles is 1. The fourth-order valence-electron chi connectivity index (χ4n) is 3.30. The van der Waals surface area contributed by atoms with Gasteiger partial charge in [0.2, 0.25) is 5.88 Å². The van der Waals surface area contributed by atoms with Gasteiger partial charge in [0, 0.05) is 11.1 Å². The van der Waals surface area contributed by atoms with Crippen molar-refractivity contribution in [3.63, 3.8) is 0 Å². The molecule has 0 spiro atoms. The van der Waals surface area contributed by atoms with Gasteiger partial charge in [-0.2, -0.15) is 5.26 Å². The highest BCUT2D eigenvalue weighted by molar-refractivity contribution is 6.30. The molecule has 0 amide bonds. The lowest BCUT2D eigenvalue weighted by molar-refractivity contribution is 0.289. The fourth-order valence-corrected chi connectivity index (χ4v) is 3.52. The lowest BCUT2D eigenvalue weighted by Gasteiger charge is -2.13. The summed E-state index contributed by atoms with van der Waals surface area (Å²) in [4.78, 5) is 4.40. The normalized spacial score (nSPS) is 10.0. The second-order valence-electron chi connectivity index (χ2n) is 7.37. The standard InChI is InChI=1S/C27H20ClFN2O2.C2H6/c28-22-13-21(17-30)14-23(15-22)33-25-16-26(32-18-20-9-5-2-6-10-20)31-24(27(25)29)12-11-19-7-3-1-4-8-19;1-2/h1-10,13-16H,11-12,18H2;1-2H3. The third-order valence-electron chi connectivity index (χ3n) is 4.92. The van der Waals surface area contributed by atoms with E-state index < -0.39 is 5.82 Å². The number of pyridine rings is 1. The van der Waals surface area contributed by atoms with Crippen LogP contribution < -0.4 is 9.47 Å². The zero-order chi connectivity index (χ0) is 25.0. The molecule has 1 aromatic heterocycles. The average molecular weight is 489 g/mol. The third-order valence-corrected chi connectivity index (χ3v) is 5.14. The van der Waals surface area contributed by atoms with E-state index in [1.165, 1.54) is 24.3 Å². The molecule has 0 N–H and O–H groups in total. The largest absolute Gasteiger partial charge is 0.473 e. The van der Waals surface area contributed by atoms with Crippen molar-refractivity contribution in [1.29, 1.82) is 5.26 Å². The predicted octanol–water partition coefficient (Wildman–Crippen LogP) is 7.93. The lowest BCUT2D eigenvalue weighted by Crippen LogP contribution is -2.05. The van der Waals surface area contributed by atoms with Crippen LogP contribution in [0.15, 0.2) is 84.9 Å². The highest BCUT2D eigenvalue weighted by Gasteiger charge is 2.17. The van der Waals surface area contributed by atoms with Crippen LogP contribution in [-0.2, 0) is 19.4 Å². The van der Waals surface area contributed by atoms with E-state index in [9.17, 15) is 5.26 Å². The van der Waals surface area contributed by atoms with Gasteiger partial charge in [0.05, 0.1) is 17.3 Å². The predicted molar refractivity (Wildman–Crippen MR) is 136 cm³/mol. The molecule has 35 heavy (non-hydrogen) atoms. The molecule has 0 atom stereocenters. The molecule has 178 valence electrons. The maximum absolute atomic E-state index is 15.3. The fraction of sp³-hybridized carbons (Fsp3) is 0.172. The molecule has 4 nitrogen and oxygen atoms in total. The molecule has 0 bridgehead atoms. The van der Waals surface area contributed by atoms with Crippen LogP contribution in [0, 0.1) is 17.1 Å². The maximum Gasteiger partial charge on any atom is 0.217 e. The molecule has 0 aliphatic heterocycles. The van der Waals surface area contributed by atoms with Gasteiger partial charge in [0.15, 0.2) is 11.6 Å². The van der Waals surface area contributed by atoms with Crippen LogP contribution in [0.2, 0.25) is 5.02 Å². The van der Waals surface area contributed by atoms with E-state index in [1.807, 2.05) is 80.6 Å². The van der Waals surface area contributed by atoms with Crippen LogP contribution in [-0.4, -0.2) is 4.98 Å². The smallest absolute Gasteiger partial charge is 0.217 e. The Kier molecular flexibility index (Phi) is 9.65. The molecule has 0 aliphatic rings. The second kappa shape index (κ2) is 13.1. The van der Waals surface area contributed by atoms with Gasteiger partial charge < -0.3 is 9.47 Å². The van der Waals surface area contributed by atoms with E-state index >= 15 is 4.39 Å². The first-order valence-electron chi connectivity index (χ1n) is 11.4. The Labute approximate surface area is 210 Å². The Balaban J connectivity index is 0.00000167. The van der Waals surface area contributed by atoms with E-state index in [4.69, 9.17) is 21.1 Å². The van der Waals surface area contributed by atoms with Crippen molar-refractivity contribution in [3.8, 4) is 23.4 Å². The minimum atomic E-state index is -0.573. The van der Waals surface area contributed by atoms with Crippen molar-refractivity contribution in [2.75, 3.05) is 0 Å². The average Bonchev–Trinajstić information content (AvgIpc) is 2.90. The number of benzene rings is 3. The van der Waals surface area contributed by atoms with Crippen LogP contribution >= 0.6 is 11.6 Å². The first-order chi connectivity index (χ1) is 17.1. The molecule has 4 aromatic rings. The molecule has 0 unspecified atom stereocenters. The van der Waals surface area contributed by atoms with E-state index in [2.05, 4.69) is 4.98 Å². The summed E-state index contributed by atoms with van der Waals surface area (Å²) in [7, 11) is 0. The first kappa shape index (κ1) is 25.7. The van der Waals surface area contributed by atoms with Crippen LogP contribution in [0.4, 0.5) is 4.39 Å². The number of aryl methyl sites for hydroxylation is 2. The first-order valence-corrected chi connectivity index (χ1v) is 11.8. The Morgan fingerprint density at radius 1 is 0.886 bits per heavy atom.